The standard InChI is InChI=1S/C14H14BrF5NO4PS/c15-10-8-4-7(6-21)5-9(25-3-1-2-13(16,17)18)11(8)27-12(10)14(19,20)26(22,23)24/h4-5H,1-3,6,21H2,(H2,22,23,24). The second kappa shape index (κ2) is 7.92. The van der Waals surface area contributed by atoms with Crippen LogP contribution in [-0.4, -0.2) is 22.6 Å². The minimum Gasteiger partial charge on any atom is -0.492 e. The predicted molar refractivity (Wildman–Crippen MR) is 94.1 cm³/mol. The van der Waals surface area contributed by atoms with Crippen molar-refractivity contribution in [3.8, 4) is 5.75 Å². The van der Waals surface area contributed by atoms with E-state index in [0.717, 1.165) is 0 Å². The number of ether oxygens (including phenoxy) is 1. The molecule has 13 heteroatoms. The third kappa shape index (κ3) is 4.99. The van der Waals surface area contributed by atoms with Crippen molar-refractivity contribution < 1.29 is 41.0 Å². The molecule has 0 bridgehead atoms. The van der Waals surface area contributed by atoms with E-state index in [4.69, 9.17) is 20.3 Å². The van der Waals surface area contributed by atoms with Gasteiger partial charge in [-0.25, -0.2) is 0 Å². The maximum atomic E-state index is 14.1. The Balaban J connectivity index is 2.46. The highest BCUT2D eigenvalue weighted by atomic mass is 79.9. The van der Waals surface area contributed by atoms with Gasteiger partial charge in [-0.15, -0.1) is 11.3 Å². The Hall–Kier alpha value is -0.780. The number of fused-ring (bicyclic) bond motifs is 1. The molecule has 0 aliphatic carbocycles. The van der Waals surface area contributed by atoms with Gasteiger partial charge < -0.3 is 20.3 Å². The molecule has 0 saturated carbocycles. The van der Waals surface area contributed by atoms with Gasteiger partial charge >= 0.3 is 19.4 Å². The summed E-state index contributed by atoms with van der Waals surface area (Å²) in [5, 5.41) is 0.178. The maximum absolute atomic E-state index is 14.1. The van der Waals surface area contributed by atoms with Gasteiger partial charge in [-0.3, -0.25) is 4.57 Å². The van der Waals surface area contributed by atoms with Gasteiger partial charge in [-0.1, -0.05) is 0 Å². The molecule has 2 rings (SSSR count). The third-order valence-electron chi connectivity index (χ3n) is 3.49. The number of thiophene rings is 1. The molecular weight excluding hydrogens is 484 g/mol. The van der Waals surface area contributed by atoms with Crippen LogP contribution >= 0.6 is 34.9 Å². The van der Waals surface area contributed by atoms with E-state index in [-0.39, 0.29) is 39.9 Å². The lowest BCUT2D eigenvalue weighted by Crippen LogP contribution is -2.12. The Morgan fingerprint density at radius 1 is 1.22 bits per heavy atom. The minimum atomic E-state index is -5.79. The van der Waals surface area contributed by atoms with E-state index in [1.165, 1.54) is 12.1 Å². The molecule has 27 heavy (non-hydrogen) atoms. The average Bonchev–Trinajstić information content (AvgIpc) is 2.87. The van der Waals surface area contributed by atoms with Crippen LogP contribution in [-0.2, 0) is 16.8 Å². The molecule has 0 atom stereocenters. The SMILES string of the molecule is NCc1cc(OCCCC(F)(F)F)c2sc(C(F)(F)P(=O)(O)O)c(Br)c2c1. The van der Waals surface area contributed by atoms with Gasteiger partial charge in [0.2, 0.25) is 0 Å². The molecule has 152 valence electrons. The van der Waals surface area contributed by atoms with Crippen molar-refractivity contribution in [1.29, 1.82) is 0 Å². The zero-order chi connectivity index (χ0) is 20.6. The molecule has 0 spiro atoms. The highest BCUT2D eigenvalue weighted by Gasteiger charge is 2.53. The summed E-state index contributed by atoms with van der Waals surface area (Å²) in [6.45, 7) is -0.316. The normalized spacial score (nSPS) is 13.4. The number of nitrogens with two attached hydrogens (primary N) is 1. The topological polar surface area (TPSA) is 92.8 Å². The van der Waals surface area contributed by atoms with E-state index in [2.05, 4.69) is 15.9 Å². The second-order valence-electron chi connectivity index (χ2n) is 5.57. The summed E-state index contributed by atoms with van der Waals surface area (Å²) in [5.41, 5.74) is 1.56. The van der Waals surface area contributed by atoms with Crippen LogP contribution in [0.2, 0.25) is 0 Å². The fourth-order valence-electron chi connectivity index (χ4n) is 2.20. The monoisotopic (exact) mass is 497 g/mol. The number of benzene rings is 1. The fourth-order valence-corrected chi connectivity index (χ4v) is 5.18. The summed E-state index contributed by atoms with van der Waals surface area (Å²) in [6, 6.07) is 2.84. The zero-order valence-electron chi connectivity index (χ0n) is 13.4. The van der Waals surface area contributed by atoms with Gasteiger partial charge in [-0.2, -0.15) is 22.0 Å². The van der Waals surface area contributed by atoms with Crippen LogP contribution in [0.3, 0.4) is 0 Å². The van der Waals surface area contributed by atoms with E-state index in [0.29, 0.717) is 16.9 Å². The molecule has 2 aromatic rings. The van der Waals surface area contributed by atoms with Crippen LogP contribution in [0, 0.1) is 0 Å². The molecule has 0 aliphatic heterocycles. The molecule has 4 N–H and O–H groups in total. The number of hydrogen-bond donors (Lipinski definition) is 3. The van der Waals surface area contributed by atoms with Crippen LogP contribution < -0.4 is 10.5 Å². The molecule has 0 fully saturated rings. The highest BCUT2D eigenvalue weighted by Crippen LogP contribution is 2.63. The van der Waals surface area contributed by atoms with Crippen LogP contribution in [0.25, 0.3) is 10.1 Å². The van der Waals surface area contributed by atoms with Gasteiger partial charge in [0.05, 0.1) is 11.3 Å². The van der Waals surface area contributed by atoms with Crippen molar-refractivity contribution in [3.05, 3.63) is 27.0 Å². The molecule has 1 aromatic heterocycles. The number of alkyl halides is 5. The lowest BCUT2D eigenvalue weighted by atomic mass is 10.1. The van der Waals surface area contributed by atoms with E-state index in [1.807, 2.05) is 0 Å². The average molecular weight is 498 g/mol. The van der Waals surface area contributed by atoms with E-state index < -0.39 is 30.7 Å². The fraction of sp³-hybridized carbons (Fsp3) is 0.429. The second-order valence-corrected chi connectivity index (χ2v) is 9.04. The lowest BCUT2D eigenvalue weighted by molar-refractivity contribution is -0.136. The van der Waals surface area contributed by atoms with Crippen LogP contribution in [0.1, 0.15) is 23.3 Å². The molecule has 0 aliphatic rings. The van der Waals surface area contributed by atoms with E-state index in [1.54, 1.807) is 0 Å². The Bertz CT molecular complexity index is 882. The first-order chi connectivity index (χ1) is 12.3. The summed E-state index contributed by atoms with van der Waals surface area (Å²) in [4.78, 5) is 17.0. The Morgan fingerprint density at radius 2 is 1.85 bits per heavy atom. The minimum absolute atomic E-state index is 0.00135. The highest BCUT2D eigenvalue weighted by molar-refractivity contribution is 9.10. The number of hydrogen-bond acceptors (Lipinski definition) is 4. The quantitative estimate of drug-likeness (QED) is 0.282. The Kier molecular flexibility index (Phi) is 6.60. The predicted octanol–water partition coefficient (Wildman–Crippen LogP) is 5.07. The van der Waals surface area contributed by atoms with Crippen LogP contribution in [0.15, 0.2) is 16.6 Å². The van der Waals surface area contributed by atoms with Gasteiger partial charge in [-0.05, 0) is 40.0 Å². The molecule has 0 radical (unpaired) electrons. The summed E-state index contributed by atoms with van der Waals surface area (Å²) in [5.74, 6) is 0.0218. The van der Waals surface area contributed by atoms with Crippen molar-refractivity contribution in [2.24, 2.45) is 5.73 Å². The third-order valence-corrected chi connectivity index (χ3v) is 6.97. The van der Waals surface area contributed by atoms with Crippen molar-refractivity contribution in [2.75, 3.05) is 6.61 Å². The smallest absolute Gasteiger partial charge is 0.400 e. The summed E-state index contributed by atoms with van der Waals surface area (Å²) < 4.78 is 81.3. The van der Waals surface area contributed by atoms with Crippen LogP contribution in [0.4, 0.5) is 22.0 Å². The van der Waals surface area contributed by atoms with Gasteiger partial charge in [0, 0.05) is 22.8 Å². The summed E-state index contributed by atoms with van der Waals surface area (Å²) in [6.07, 6.45) is -5.75. The molecular formula is C14H14BrF5NO4PS. The maximum Gasteiger partial charge on any atom is 0.400 e. The van der Waals surface area contributed by atoms with Crippen molar-refractivity contribution in [3.63, 3.8) is 0 Å². The lowest BCUT2D eigenvalue weighted by Gasteiger charge is -2.16. The molecule has 0 unspecified atom stereocenters. The number of halogens is 6. The van der Waals surface area contributed by atoms with Crippen molar-refractivity contribution >= 4 is 44.9 Å². The van der Waals surface area contributed by atoms with Crippen molar-refractivity contribution in [2.45, 2.75) is 31.2 Å². The Morgan fingerprint density at radius 3 is 2.37 bits per heavy atom. The first-order valence-electron chi connectivity index (χ1n) is 7.36. The van der Waals surface area contributed by atoms with E-state index in [9.17, 15) is 26.5 Å². The first kappa shape index (κ1) is 22.5. The van der Waals surface area contributed by atoms with Gasteiger partial charge in [0.15, 0.2) is 0 Å². The molecule has 1 heterocycles. The zero-order valence-corrected chi connectivity index (χ0v) is 16.7. The largest absolute Gasteiger partial charge is 0.492 e. The van der Waals surface area contributed by atoms with Crippen molar-refractivity contribution in [1.82, 2.24) is 0 Å². The van der Waals surface area contributed by atoms with Gasteiger partial charge in [0.1, 0.15) is 10.6 Å². The molecule has 0 amide bonds. The summed E-state index contributed by atoms with van der Waals surface area (Å²) in [7, 11) is -5.79. The van der Waals surface area contributed by atoms with Crippen LogP contribution in [0.5, 0.6) is 5.75 Å². The number of rotatable bonds is 7. The Labute approximate surface area is 162 Å². The molecule has 1 aromatic carbocycles. The molecule has 5 nitrogen and oxygen atoms in total. The summed E-state index contributed by atoms with van der Waals surface area (Å²) >= 11 is 3.32. The molecule has 0 saturated heterocycles. The van der Waals surface area contributed by atoms with Gasteiger partial charge in [0.25, 0.3) is 0 Å². The first-order valence-corrected chi connectivity index (χ1v) is 10.6. The van der Waals surface area contributed by atoms with E-state index >= 15 is 0 Å².